The van der Waals surface area contributed by atoms with E-state index < -0.39 is 17.3 Å². The Bertz CT molecular complexity index is 1280. The number of carbonyl (C=O) groups is 3. The number of aromatic nitrogens is 3. The number of nitrogens with one attached hydrogen (secondary N) is 1. The monoisotopic (exact) mass is 464 g/mol. The minimum Gasteiger partial charge on any atom is -0.443 e. The standard InChI is InChI=1S/C25H28N4O5/c1-25(2,3)34-24(33)29-20-13-8-7-11-18(20)26-21(29)17-28-15-10-12-19(23(28)32)27-22(31)14-6-4-5-9-16-30/h5,7-13,15-16H,4,6,14,17H2,1-3H3,(H,27,31)/b9-5+. The number of imidazole rings is 1. The van der Waals surface area contributed by atoms with E-state index in [0.29, 0.717) is 36.0 Å². The summed E-state index contributed by atoms with van der Waals surface area (Å²) in [6.45, 7) is 5.34. The average molecular weight is 465 g/mol. The van der Waals surface area contributed by atoms with Crippen molar-refractivity contribution < 1.29 is 19.1 Å². The van der Waals surface area contributed by atoms with E-state index in [9.17, 15) is 19.2 Å². The van der Waals surface area contributed by atoms with Crippen LogP contribution in [-0.2, 0) is 20.9 Å². The van der Waals surface area contributed by atoms with E-state index in [2.05, 4.69) is 10.3 Å². The second kappa shape index (κ2) is 10.7. The van der Waals surface area contributed by atoms with Gasteiger partial charge in [-0.05, 0) is 64.0 Å². The molecule has 0 aliphatic heterocycles. The Kier molecular flexibility index (Phi) is 7.78. The first-order valence-electron chi connectivity index (χ1n) is 11.0. The van der Waals surface area contributed by atoms with Gasteiger partial charge in [0, 0.05) is 12.6 Å². The number of hydrogen-bond acceptors (Lipinski definition) is 6. The minimum atomic E-state index is -0.705. The lowest BCUT2D eigenvalue weighted by molar-refractivity contribution is -0.116. The quantitative estimate of drug-likeness (QED) is 0.307. The molecule has 0 fully saturated rings. The van der Waals surface area contributed by atoms with Gasteiger partial charge < -0.3 is 14.6 Å². The number of benzene rings is 1. The molecule has 2 aromatic heterocycles. The van der Waals surface area contributed by atoms with Crippen LogP contribution in [0.3, 0.4) is 0 Å². The van der Waals surface area contributed by atoms with Crippen LogP contribution in [0.1, 0.15) is 45.9 Å². The molecule has 1 amide bonds. The number of para-hydroxylation sites is 2. The fourth-order valence-electron chi connectivity index (χ4n) is 3.35. The molecule has 1 aromatic carbocycles. The number of aldehydes is 1. The molecule has 3 rings (SSSR count). The lowest BCUT2D eigenvalue weighted by Gasteiger charge is -2.20. The van der Waals surface area contributed by atoms with Crippen LogP contribution >= 0.6 is 0 Å². The fraction of sp³-hybridized carbons (Fsp3) is 0.320. The van der Waals surface area contributed by atoms with Crippen molar-refractivity contribution in [2.24, 2.45) is 0 Å². The highest BCUT2D eigenvalue weighted by Gasteiger charge is 2.23. The number of anilines is 1. The van der Waals surface area contributed by atoms with Crippen LogP contribution in [0.4, 0.5) is 10.5 Å². The van der Waals surface area contributed by atoms with Crippen molar-refractivity contribution in [3.05, 3.63) is 70.9 Å². The summed E-state index contributed by atoms with van der Waals surface area (Å²) < 4.78 is 8.30. The molecule has 178 valence electrons. The topological polar surface area (TPSA) is 112 Å². The zero-order valence-electron chi connectivity index (χ0n) is 19.5. The van der Waals surface area contributed by atoms with Gasteiger partial charge >= 0.3 is 6.09 Å². The van der Waals surface area contributed by atoms with Gasteiger partial charge in [0.25, 0.3) is 5.56 Å². The van der Waals surface area contributed by atoms with Gasteiger partial charge in [-0.15, -0.1) is 0 Å². The second-order valence-corrected chi connectivity index (χ2v) is 8.69. The summed E-state index contributed by atoms with van der Waals surface area (Å²) in [4.78, 5) is 53.0. The molecule has 0 spiro atoms. The summed E-state index contributed by atoms with van der Waals surface area (Å²) >= 11 is 0. The highest BCUT2D eigenvalue weighted by atomic mass is 16.6. The SMILES string of the molecule is CC(C)(C)OC(=O)n1c(Cn2cccc(NC(=O)CCC/C=C/C=O)c2=O)nc2ccccc21. The first kappa shape index (κ1) is 24.6. The van der Waals surface area contributed by atoms with Crippen LogP contribution in [0.5, 0.6) is 0 Å². The van der Waals surface area contributed by atoms with Crippen LogP contribution in [0.15, 0.2) is 59.5 Å². The molecule has 0 saturated carbocycles. The molecular weight excluding hydrogens is 436 g/mol. The molecule has 0 aliphatic rings. The second-order valence-electron chi connectivity index (χ2n) is 8.69. The Morgan fingerprint density at radius 3 is 2.65 bits per heavy atom. The van der Waals surface area contributed by atoms with Crippen LogP contribution in [0, 0.1) is 0 Å². The highest BCUT2D eigenvalue weighted by molar-refractivity contribution is 5.90. The zero-order chi connectivity index (χ0) is 24.7. The van der Waals surface area contributed by atoms with Gasteiger partial charge in [-0.2, -0.15) is 0 Å². The van der Waals surface area contributed by atoms with E-state index >= 15 is 0 Å². The van der Waals surface area contributed by atoms with Crippen molar-refractivity contribution in [2.75, 3.05) is 5.32 Å². The fourth-order valence-corrected chi connectivity index (χ4v) is 3.35. The van der Waals surface area contributed by atoms with E-state index in [-0.39, 0.29) is 24.6 Å². The molecular formula is C25H28N4O5. The Balaban J connectivity index is 1.84. The summed E-state index contributed by atoms with van der Waals surface area (Å²) in [5.41, 5.74) is 0.191. The highest BCUT2D eigenvalue weighted by Crippen LogP contribution is 2.19. The molecule has 3 aromatic rings. The molecule has 0 atom stereocenters. The Hall–Kier alpha value is -4.01. The van der Waals surface area contributed by atoms with E-state index in [1.807, 2.05) is 6.07 Å². The van der Waals surface area contributed by atoms with Gasteiger partial charge in [-0.1, -0.05) is 18.2 Å². The third kappa shape index (κ3) is 6.28. The van der Waals surface area contributed by atoms with Crippen molar-refractivity contribution in [1.82, 2.24) is 14.1 Å². The van der Waals surface area contributed by atoms with E-state index in [4.69, 9.17) is 4.74 Å². The predicted molar refractivity (Wildman–Crippen MR) is 129 cm³/mol. The summed E-state index contributed by atoms with van der Waals surface area (Å²) in [5.74, 6) is 0.0401. The maximum absolute atomic E-state index is 13.0. The first-order valence-corrected chi connectivity index (χ1v) is 11.0. The van der Waals surface area contributed by atoms with Gasteiger partial charge in [-0.25, -0.2) is 14.3 Å². The molecule has 0 saturated heterocycles. The van der Waals surface area contributed by atoms with Gasteiger partial charge in [-0.3, -0.25) is 14.4 Å². The van der Waals surface area contributed by atoms with Crippen molar-refractivity contribution in [3.63, 3.8) is 0 Å². The molecule has 0 bridgehead atoms. The van der Waals surface area contributed by atoms with E-state index in [1.165, 1.54) is 21.3 Å². The predicted octanol–water partition coefficient (Wildman–Crippen LogP) is 3.89. The number of ether oxygens (including phenoxy) is 1. The molecule has 0 radical (unpaired) electrons. The van der Waals surface area contributed by atoms with Crippen LogP contribution in [-0.4, -0.2) is 38.0 Å². The molecule has 0 aliphatic carbocycles. The average Bonchev–Trinajstić information content (AvgIpc) is 3.13. The van der Waals surface area contributed by atoms with Crippen LogP contribution in [0.2, 0.25) is 0 Å². The molecule has 34 heavy (non-hydrogen) atoms. The zero-order valence-corrected chi connectivity index (χ0v) is 19.5. The number of allylic oxidation sites excluding steroid dienone is 2. The number of fused-ring (bicyclic) bond motifs is 1. The van der Waals surface area contributed by atoms with Gasteiger partial charge in [0.1, 0.15) is 23.4 Å². The molecule has 2 heterocycles. The Morgan fingerprint density at radius 2 is 1.91 bits per heavy atom. The number of hydrogen-bond donors (Lipinski definition) is 1. The Labute approximate surface area is 197 Å². The number of nitrogens with zero attached hydrogens (tertiary/aromatic N) is 3. The number of unbranched alkanes of at least 4 members (excludes halogenated alkanes) is 1. The van der Waals surface area contributed by atoms with Crippen LogP contribution in [0.25, 0.3) is 11.0 Å². The third-order valence-corrected chi connectivity index (χ3v) is 4.80. The number of pyridine rings is 1. The molecule has 9 heteroatoms. The summed E-state index contributed by atoms with van der Waals surface area (Å²) in [7, 11) is 0. The third-order valence-electron chi connectivity index (χ3n) is 4.80. The smallest absolute Gasteiger partial charge is 0.420 e. The lowest BCUT2D eigenvalue weighted by Crippen LogP contribution is -2.30. The van der Waals surface area contributed by atoms with Crippen LogP contribution < -0.4 is 10.9 Å². The van der Waals surface area contributed by atoms with E-state index in [0.717, 1.165) is 0 Å². The van der Waals surface area contributed by atoms with Crippen molar-refractivity contribution in [1.29, 1.82) is 0 Å². The van der Waals surface area contributed by atoms with Gasteiger partial charge in [0.2, 0.25) is 5.91 Å². The maximum Gasteiger partial charge on any atom is 0.420 e. The van der Waals surface area contributed by atoms with Crippen molar-refractivity contribution >= 4 is 35.0 Å². The normalized spacial score (nSPS) is 11.6. The van der Waals surface area contributed by atoms with Crippen molar-refractivity contribution in [2.45, 2.75) is 52.2 Å². The van der Waals surface area contributed by atoms with Gasteiger partial charge in [0.05, 0.1) is 17.6 Å². The van der Waals surface area contributed by atoms with E-state index in [1.54, 1.807) is 57.3 Å². The Morgan fingerprint density at radius 1 is 1.15 bits per heavy atom. The first-order chi connectivity index (χ1) is 16.2. The number of carbonyl (C=O) groups excluding carboxylic acids is 3. The number of amides is 1. The lowest BCUT2D eigenvalue weighted by atomic mass is 10.2. The summed E-state index contributed by atoms with van der Waals surface area (Å²) in [6, 6.07) is 10.3. The maximum atomic E-state index is 13.0. The summed E-state index contributed by atoms with van der Waals surface area (Å²) in [5, 5.41) is 2.64. The molecule has 9 nitrogen and oxygen atoms in total. The minimum absolute atomic E-state index is 0.00690. The molecule has 0 unspecified atom stereocenters. The van der Waals surface area contributed by atoms with Crippen molar-refractivity contribution in [3.8, 4) is 0 Å². The summed E-state index contributed by atoms with van der Waals surface area (Å²) in [6.07, 6.45) is 6.10. The van der Waals surface area contributed by atoms with Gasteiger partial charge in [0.15, 0.2) is 0 Å². The largest absolute Gasteiger partial charge is 0.443 e. The number of rotatable bonds is 8. The molecule has 1 N–H and O–H groups in total.